The summed E-state index contributed by atoms with van der Waals surface area (Å²) >= 11 is 0. The van der Waals surface area contributed by atoms with E-state index < -0.39 is 0 Å². The Hall–Kier alpha value is -0.570. The quantitative estimate of drug-likeness (QED) is 0.620. The molecule has 0 saturated carbocycles. The number of methoxy groups -OCH3 is 1. The standard InChI is InChI=1S/C8H17NO2/c1-5-7(8(10)11-4)9-6(2)3/h6-7,9H,5H2,1-4H3/t7-/m0/s1. The molecule has 1 atom stereocenters. The average molecular weight is 159 g/mol. The highest BCUT2D eigenvalue weighted by Crippen LogP contribution is 1.95. The Morgan fingerprint density at radius 3 is 2.36 bits per heavy atom. The van der Waals surface area contributed by atoms with Crippen LogP contribution >= 0.6 is 0 Å². The van der Waals surface area contributed by atoms with Crippen molar-refractivity contribution in [2.45, 2.75) is 39.3 Å². The van der Waals surface area contributed by atoms with Gasteiger partial charge >= 0.3 is 5.97 Å². The van der Waals surface area contributed by atoms with Crippen LogP contribution in [0, 0.1) is 0 Å². The van der Waals surface area contributed by atoms with Gasteiger partial charge in [0.25, 0.3) is 0 Å². The van der Waals surface area contributed by atoms with Crippen molar-refractivity contribution in [2.75, 3.05) is 7.11 Å². The van der Waals surface area contributed by atoms with E-state index in [4.69, 9.17) is 0 Å². The van der Waals surface area contributed by atoms with Crippen LogP contribution in [0.2, 0.25) is 0 Å². The van der Waals surface area contributed by atoms with Gasteiger partial charge in [-0.15, -0.1) is 0 Å². The topological polar surface area (TPSA) is 38.3 Å². The predicted octanol–water partition coefficient (Wildman–Crippen LogP) is 0.936. The first-order chi connectivity index (χ1) is 5.11. The Kier molecular flexibility index (Phi) is 4.86. The molecule has 0 aromatic heterocycles. The van der Waals surface area contributed by atoms with Gasteiger partial charge in [-0.05, 0) is 6.42 Å². The number of hydrogen-bond donors (Lipinski definition) is 1. The Bertz CT molecular complexity index is 123. The lowest BCUT2D eigenvalue weighted by Gasteiger charge is -2.16. The molecule has 3 heteroatoms. The molecule has 0 unspecified atom stereocenters. The maximum Gasteiger partial charge on any atom is 0.322 e. The summed E-state index contributed by atoms with van der Waals surface area (Å²) in [5.74, 6) is -0.179. The summed E-state index contributed by atoms with van der Waals surface area (Å²) in [6.07, 6.45) is 0.769. The number of rotatable bonds is 4. The zero-order valence-electron chi connectivity index (χ0n) is 7.68. The van der Waals surface area contributed by atoms with Gasteiger partial charge in [-0.25, -0.2) is 0 Å². The lowest BCUT2D eigenvalue weighted by molar-refractivity contribution is -0.143. The number of ether oxygens (including phenoxy) is 1. The molecule has 0 aliphatic rings. The third-order valence-corrected chi connectivity index (χ3v) is 1.43. The van der Waals surface area contributed by atoms with Crippen LogP contribution in [0.15, 0.2) is 0 Å². The van der Waals surface area contributed by atoms with Crippen molar-refractivity contribution in [1.82, 2.24) is 5.32 Å². The summed E-state index contributed by atoms with van der Waals surface area (Å²) in [6, 6.07) is 0.166. The maximum absolute atomic E-state index is 11.0. The Morgan fingerprint density at radius 1 is 1.55 bits per heavy atom. The van der Waals surface area contributed by atoms with Gasteiger partial charge in [0.1, 0.15) is 6.04 Å². The number of carbonyl (C=O) groups excluding carboxylic acids is 1. The van der Waals surface area contributed by atoms with Crippen molar-refractivity contribution in [3.8, 4) is 0 Å². The van der Waals surface area contributed by atoms with Gasteiger partial charge in [0.05, 0.1) is 7.11 Å². The minimum absolute atomic E-state index is 0.153. The summed E-state index contributed by atoms with van der Waals surface area (Å²) in [7, 11) is 1.41. The molecule has 0 rings (SSSR count). The van der Waals surface area contributed by atoms with E-state index in [1.54, 1.807) is 0 Å². The van der Waals surface area contributed by atoms with Crippen molar-refractivity contribution in [3.63, 3.8) is 0 Å². The van der Waals surface area contributed by atoms with Crippen LogP contribution < -0.4 is 5.32 Å². The highest BCUT2D eigenvalue weighted by Gasteiger charge is 2.16. The SMILES string of the molecule is CC[C@H](NC(C)C)C(=O)OC. The smallest absolute Gasteiger partial charge is 0.322 e. The minimum atomic E-state index is -0.179. The molecule has 66 valence electrons. The molecule has 0 bridgehead atoms. The molecule has 0 amide bonds. The van der Waals surface area contributed by atoms with E-state index in [2.05, 4.69) is 10.1 Å². The number of nitrogens with one attached hydrogen (secondary N) is 1. The van der Waals surface area contributed by atoms with Crippen LogP contribution in [-0.4, -0.2) is 25.2 Å². The summed E-state index contributed by atoms with van der Waals surface area (Å²) < 4.78 is 4.60. The molecule has 1 N–H and O–H groups in total. The molecule has 0 fully saturated rings. The molecule has 0 aromatic rings. The minimum Gasteiger partial charge on any atom is -0.468 e. The molecule has 0 saturated heterocycles. The third kappa shape index (κ3) is 3.98. The first kappa shape index (κ1) is 10.4. The highest BCUT2D eigenvalue weighted by molar-refractivity contribution is 5.75. The number of carbonyl (C=O) groups is 1. The predicted molar refractivity (Wildman–Crippen MR) is 44.4 cm³/mol. The number of esters is 1. The normalized spacial score (nSPS) is 13.2. The first-order valence-corrected chi connectivity index (χ1v) is 3.95. The Balaban J connectivity index is 3.84. The van der Waals surface area contributed by atoms with Crippen LogP contribution in [0.25, 0.3) is 0 Å². The molecular weight excluding hydrogens is 142 g/mol. The van der Waals surface area contributed by atoms with E-state index in [-0.39, 0.29) is 12.0 Å². The summed E-state index contributed by atoms with van der Waals surface area (Å²) in [5, 5.41) is 3.11. The first-order valence-electron chi connectivity index (χ1n) is 3.95. The zero-order chi connectivity index (χ0) is 8.85. The third-order valence-electron chi connectivity index (χ3n) is 1.43. The molecule has 0 heterocycles. The lowest BCUT2D eigenvalue weighted by Crippen LogP contribution is -2.40. The van der Waals surface area contributed by atoms with Gasteiger partial charge in [-0.3, -0.25) is 4.79 Å². The Labute approximate surface area is 68.1 Å². The van der Waals surface area contributed by atoms with E-state index in [1.807, 2.05) is 20.8 Å². The Morgan fingerprint density at radius 2 is 2.09 bits per heavy atom. The van der Waals surface area contributed by atoms with Crippen LogP contribution in [0.5, 0.6) is 0 Å². The summed E-state index contributed by atoms with van der Waals surface area (Å²) in [5.41, 5.74) is 0. The second-order valence-electron chi connectivity index (χ2n) is 2.81. The molecular formula is C8H17NO2. The lowest BCUT2D eigenvalue weighted by atomic mass is 10.2. The molecule has 0 aromatic carbocycles. The fourth-order valence-electron chi connectivity index (χ4n) is 0.897. The van der Waals surface area contributed by atoms with Gasteiger partial charge in [0.15, 0.2) is 0 Å². The second-order valence-corrected chi connectivity index (χ2v) is 2.81. The summed E-state index contributed by atoms with van der Waals surface area (Å²) in [6.45, 7) is 5.97. The van der Waals surface area contributed by atoms with Gasteiger partial charge in [-0.1, -0.05) is 20.8 Å². The van der Waals surface area contributed by atoms with Crippen molar-refractivity contribution in [3.05, 3.63) is 0 Å². The highest BCUT2D eigenvalue weighted by atomic mass is 16.5. The van der Waals surface area contributed by atoms with E-state index in [0.717, 1.165) is 6.42 Å². The molecule has 11 heavy (non-hydrogen) atoms. The van der Waals surface area contributed by atoms with Crippen LogP contribution in [0.1, 0.15) is 27.2 Å². The van der Waals surface area contributed by atoms with E-state index in [0.29, 0.717) is 6.04 Å². The maximum atomic E-state index is 11.0. The van der Waals surface area contributed by atoms with Crippen LogP contribution in [0.4, 0.5) is 0 Å². The van der Waals surface area contributed by atoms with Gasteiger partial charge in [0.2, 0.25) is 0 Å². The van der Waals surface area contributed by atoms with E-state index in [9.17, 15) is 4.79 Å². The van der Waals surface area contributed by atoms with E-state index >= 15 is 0 Å². The molecule has 0 spiro atoms. The largest absolute Gasteiger partial charge is 0.468 e. The summed E-state index contributed by atoms with van der Waals surface area (Å²) in [4.78, 5) is 11.0. The average Bonchev–Trinajstić information content (AvgIpc) is 1.98. The number of hydrogen-bond acceptors (Lipinski definition) is 3. The van der Waals surface area contributed by atoms with Crippen molar-refractivity contribution in [1.29, 1.82) is 0 Å². The zero-order valence-corrected chi connectivity index (χ0v) is 7.68. The van der Waals surface area contributed by atoms with Crippen molar-refractivity contribution < 1.29 is 9.53 Å². The van der Waals surface area contributed by atoms with Crippen LogP contribution in [-0.2, 0) is 9.53 Å². The van der Waals surface area contributed by atoms with Crippen molar-refractivity contribution >= 4 is 5.97 Å². The molecule has 0 radical (unpaired) electrons. The van der Waals surface area contributed by atoms with Crippen molar-refractivity contribution in [2.24, 2.45) is 0 Å². The fraction of sp³-hybridized carbons (Fsp3) is 0.875. The molecule has 0 aliphatic carbocycles. The molecule has 3 nitrogen and oxygen atoms in total. The van der Waals surface area contributed by atoms with Gasteiger partial charge < -0.3 is 10.1 Å². The second kappa shape index (κ2) is 5.13. The van der Waals surface area contributed by atoms with Gasteiger partial charge in [-0.2, -0.15) is 0 Å². The van der Waals surface area contributed by atoms with Crippen LogP contribution in [0.3, 0.4) is 0 Å². The monoisotopic (exact) mass is 159 g/mol. The van der Waals surface area contributed by atoms with Gasteiger partial charge in [0, 0.05) is 6.04 Å². The van der Waals surface area contributed by atoms with E-state index in [1.165, 1.54) is 7.11 Å². The molecule has 0 aliphatic heterocycles. The fourth-order valence-corrected chi connectivity index (χ4v) is 0.897.